The Bertz CT molecular complexity index is 1540. The highest BCUT2D eigenvalue weighted by Gasteiger charge is 2.74. The Morgan fingerprint density at radius 3 is 2.04 bits per heavy atom. The van der Waals surface area contributed by atoms with Crippen molar-refractivity contribution < 1.29 is 24.2 Å². The van der Waals surface area contributed by atoms with Gasteiger partial charge in [-0.05, 0) is 180 Å². The van der Waals surface area contributed by atoms with Gasteiger partial charge in [0, 0.05) is 17.5 Å². The van der Waals surface area contributed by atoms with Crippen molar-refractivity contribution in [3.63, 3.8) is 0 Å². The van der Waals surface area contributed by atoms with Crippen LogP contribution in [0.15, 0.2) is 0 Å². The van der Waals surface area contributed by atoms with Gasteiger partial charge in [0.05, 0.1) is 17.3 Å². The maximum atomic E-state index is 15.0. The van der Waals surface area contributed by atoms with E-state index in [1.165, 1.54) is 51.4 Å². The number of rotatable bonds is 8. The monoisotopic (exact) mass is 749 g/mol. The smallest absolute Gasteiger partial charge is 0.309 e. The minimum Gasteiger partial charge on any atom is -0.481 e. The molecule has 12 atom stereocenters. The zero-order valence-corrected chi connectivity index (χ0v) is 35.9. The lowest BCUT2D eigenvalue weighted by molar-refractivity contribution is -0.252. The third-order valence-electron chi connectivity index (χ3n) is 20.1. The van der Waals surface area contributed by atoms with Crippen LogP contribution >= 0.6 is 0 Å². The van der Waals surface area contributed by atoms with E-state index in [1.54, 1.807) is 0 Å². The SMILES string of the molecule is CC(C)(CN1CCCC1)NC(=O)[C@]12CC[C@@H](C3(C)CC3)[C@@H]1[C@H]1CC[C@@H]3[C@@]4(C)CC[C@H](OC(=O)[C@H]5C[C@@H](C(=O)O)C5(C)C)C(C)(C)[C@@H]4CC[C@@]3(C)[C@]1(C)CC2. The molecule has 54 heavy (non-hydrogen) atoms. The number of carboxylic acids is 1. The van der Waals surface area contributed by atoms with Gasteiger partial charge in [-0.1, -0.05) is 55.4 Å². The zero-order valence-electron chi connectivity index (χ0n) is 35.9. The summed E-state index contributed by atoms with van der Waals surface area (Å²) >= 11 is 0. The predicted octanol–water partition coefficient (Wildman–Crippen LogP) is 9.52. The van der Waals surface area contributed by atoms with Crippen molar-refractivity contribution in [3.8, 4) is 0 Å². The molecule has 1 heterocycles. The molecule has 0 aromatic carbocycles. The Balaban J connectivity index is 1.04. The van der Waals surface area contributed by atoms with Crippen molar-refractivity contribution in [2.75, 3.05) is 19.6 Å². The van der Waals surface area contributed by atoms with Gasteiger partial charge in [-0.15, -0.1) is 0 Å². The van der Waals surface area contributed by atoms with Gasteiger partial charge in [-0.3, -0.25) is 14.4 Å². The van der Waals surface area contributed by atoms with E-state index in [9.17, 15) is 19.5 Å². The number of amides is 1. The van der Waals surface area contributed by atoms with Gasteiger partial charge in [0.2, 0.25) is 5.91 Å². The number of ether oxygens (including phenoxy) is 1. The number of nitrogens with zero attached hydrogens (tertiary/aromatic N) is 1. The van der Waals surface area contributed by atoms with Crippen molar-refractivity contribution in [3.05, 3.63) is 0 Å². The van der Waals surface area contributed by atoms with Crippen molar-refractivity contribution in [2.45, 2.75) is 177 Å². The van der Waals surface area contributed by atoms with Gasteiger partial charge in [0.15, 0.2) is 0 Å². The lowest BCUT2D eigenvalue weighted by atomic mass is 9.32. The molecular formula is C47H76N2O5. The Hall–Kier alpha value is -1.63. The molecule has 8 aliphatic rings. The van der Waals surface area contributed by atoms with Gasteiger partial charge in [-0.25, -0.2) is 0 Å². The highest BCUT2D eigenvalue weighted by atomic mass is 16.5. The molecule has 7 nitrogen and oxygen atoms in total. The molecule has 8 rings (SSSR count). The lowest BCUT2D eigenvalue weighted by Gasteiger charge is -2.73. The molecule has 1 saturated heterocycles. The summed E-state index contributed by atoms with van der Waals surface area (Å²) in [5.74, 6) is 1.34. The number of hydrogen-bond donors (Lipinski definition) is 2. The fourth-order valence-corrected chi connectivity index (χ4v) is 16.5. The lowest BCUT2D eigenvalue weighted by Crippen LogP contribution is -2.68. The molecule has 7 heteroatoms. The van der Waals surface area contributed by atoms with Crippen LogP contribution in [0.4, 0.5) is 0 Å². The van der Waals surface area contributed by atoms with Gasteiger partial charge < -0.3 is 20.1 Å². The number of esters is 1. The number of likely N-dealkylation sites (tertiary alicyclic amines) is 1. The Kier molecular flexibility index (Phi) is 9.03. The number of carboxylic acid groups (broad SMARTS) is 1. The number of carbonyl (C=O) groups is 3. The third-order valence-corrected chi connectivity index (χ3v) is 20.1. The van der Waals surface area contributed by atoms with Gasteiger partial charge >= 0.3 is 11.9 Å². The number of nitrogens with one attached hydrogen (secondary N) is 1. The summed E-state index contributed by atoms with van der Waals surface area (Å²) in [5, 5.41) is 13.4. The third kappa shape index (κ3) is 5.50. The number of hydrogen-bond acceptors (Lipinski definition) is 5. The van der Waals surface area contributed by atoms with Crippen LogP contribution in [-0.2, 0) is 19.1 Å². The van der Waals surface area contributed by atoms with Crippen LogP contribution in [0.2, 0.25) is 0 Å². The summed E-state index contributed by atoms with van der Waals surface area (Å²) in [6, 6.07) is 0. The summed E-state index contributed by atoms with van der Waals surface area (Å²) in [5.41, 5.74) is -0.222. The molecule has 304 valence electrons. The molecule has 0 radical (unpaired) electrons. The van der Waals surface area contributed by atoms with E-state index in [-0.39, 0.29) is 50.6 Å². The van der Waals surface area contributed by atoms with E-state index in [1.807, 2.05) is 13.8 Å². The standard InChI is InChI=1S/C47H76N2O5/c1-40(2,28-49-25-11-12-26-49)48-39(53)47-20-15-29(43(7)21-22-43)36(47)30-13-14-34-44(8)18-17-35(54-38(52)32-27-31(37(50)51)41(32,3)4)42(5,6)33(44)16-19-46(34,10)45(30,9)23-24-47/h29-36H,11-28H2,1-10H3,(H,48,53)(H,50,51)/t29-,30-,31+,32-,33+,34-,35+,36-,44+,45-,46-,47+/m1/s1. The summed E-state index contributed by atoms with van der Waals surface area (Å²) in [6.07, 6.45) is 16.7. The normalized spacial score (nSPS) is 47.2. The molecule has 2 N–H and O–H groups in total. The fourth-order valence-electron chi connectivity index (χ4n) is 16.5. The average molecular weight is 749 g/mol. The van der Waals surface area contributed by atoms with Crippen LogP contribution in [0.25, 0.3) is 0 Å². The molecular weight excluding hydrogens is 673 g/mol. The summed E-state index contributed by atoms with van der Waals surface area (Å²) < 4.78 is 6.46. The first-order valence-corrected chi connectivity index (χ1v) is 22.5. The maximum Gasteiger partial charge on any atom is 0.309 e. The topological polar surface area (TPSA) is 95.9 Å². The Labute approximate surface area is 327 Å². The second kappa shape index (κ2) is 12.4. The van der Waals surface area contributed by atoms with E-state index < -0.39 is 17.3 Å². The Morgan fingerprint density at radius 1 is 0.722 bits per heavy atom. The zero-order chi connectivity index (χ0) is 39.1. The average Bonchev–Trinajstić information content (AvgIpc) is 3.42. The molecule has 0 spiro atoms. The van der Waals surface area contributed by atoms with Gasteiger partial charge in [0.1, 0.15) is 6.10 Å². The highest BCUT2D eigenvalue weighted by Crippen LogP contribution is 2.79. The van der Waals surface area contributed by atoms with Gasteiger partial charge in [-0.2, -0.15) is 0 Å². The second-order valence-electron chi connectivity index (χ2n) is 23.8. The summed E-state index contributed by atoms with van der Waals surface area (Å²) in [6.45, 7) is 26.9. The molecule has 0 aromatic rings. The van der Waals surface area contributed by atoms with E-state index in [2.05, 4.69) is 65.6 Å². The molecule has 0 aromatic heterocycles. The molecule has 0 unspecified atom stereocenters. The highest BCUT2D eigenvalue weighted by molar-refractivity contribution is 5.84. The maximum absolute atomic E-state index is 15.0. The minimum atomic E-state index is -0.805. The molecule has 8 fully saturated rings. The number of carbonyl (C=O) groups excluding carboxylic acids is 2. The van der Waals surface area contributed by atoms with Crippen LogP contribution in [0.3, 0.4) is 0 Å². The predicted molar refractivity (Wildman–Crippen MR) is 212 cm³/mol. The molecule has 1 aliphatic heterocycles. The molecule has 1 amide bonds. The summed E-state index contributed by atoms with van der Waals surface area (Å²) in [7, 11) is 0. The molecule has 7 aliphatic carbocycles. The summed E-state index contributed by atoms with van der Waals surface area (Å²) in [4.78, 5) is 43.0. The van der Waals surface area contributed by atoms with Crippen LogP contribution < -0.4 is 5.32 Å². The van der Waals surface area contributed by atoms with Crippen LogP contribution in [0, 0.1) is 79.3 Å². The van der Waals surface area contributed by atoms with E-state index >= 15 is 0 Å². The second-order valence-corrected chi connectivity index (χ2v) is 23.8. The van der Waals surface area contributed by atoms with Gasteiger partial charge in [0.25, 0.3) is 0 Å². The first-order valence-electron chi connectivity index (χ1n) is 22.5. The van der Waals surface area contributed by atoms with Crippen molar-refractivity contribution >= 4 is 17.8 Å². The number of fused-ring (bicyclic) bond motifs is 7. The van der Waals surface area contributed by atoms with Crippen LogP contribution in [0.1, 0.15) is 166 Å². The first-order chi connectivity index (χ1) is 25.1. The largest absolute Gasteiger partial charge is 0.481 e. The Morgan fingerprint density at radius 2 is 1.41 bits per heavy atom. The van der Waals surface area contributed by atoms with Crippen molar-refractivity contribution in [1.29, 1.82) is 0 Å². The van der Waals surface area contributed by atoms with E-state index in [0.29, 0.717) is 47.3 Å². The van der Waals surface area contributed by atoms with Crippen molar-refractivity contribution in [2.24, 2.45) is 79.3 Å². The van der Waals surface area contributed by atoms with E-state index in [4.69, 9.17) is 4.74 Å². The minimum absolute atomic E-state index is 0.138. The van der Waals surface area contributed by atoms with Crippen molar-refractivity contribution in [1.82, 2.24) is 10.2 Å². The number of aliphatic carboxylic acids is 1. The van der Waals surface area contributed by atoms with Crippen LogP contribution in [0.5, 0.6) is 0 Å². The van der Waals surface area contributed by atoms with E-state index in [0.717, 1.165) is 58.2 Å². The fraction of sp³-hybridized carbons (Fsp3) is 0.936. The van der Waals surface area contributed by atoms with Crippen LogP contribution in [-0.4, -0.2) is 59.1 Å². The molecule has 7 saturated carbocycles. The quantitative estimate of drug-likeness (QED) is 0.240. The first kappa shape index (κ1) is 39.2. The molecule has 0 bridgehead atoms.